The van der Waals surface area contributed by atoms with Crippen molar-refractivity contribution in [2.24, 2.45) is 0 Å². The van der Waals surface area contributed by atoms with E-state index in [1.807, 2.05) is 59.4 Å². The molecule has 1 aliphatic heterocycles. The summed E-state index contributed by atoms with van der Waals surface area (Å²) in [4.78, 5) is 15.0. The highest BCUT2D eigenvalue weighted by Gasteiger charge is 2.32. The van der Waals surface area contributed by atoms with Crippen LogP contribution in [0.3, 0.4) is 0 Å². The molecule has 152 valence electrons. The average molecular weight is 436 g/mol. The Bertz CT molecular complexity index is 1110. The Morgan fingerprint density at radius 3 is 2.57 bits per heavy atom. The summed E-state index contributed by atoms with van der Waals surface area (Å²) >= 11 is 6.71. The molecule has 0 N–H and O–H groups in total. The van der Waals surface area contributed by atoms with Crippen molar-refractivity contribution in [3.05, 3.63) is 76.8 Å². The number of amides is 1. The van der Waals surface area contributed by atoms with Gasteiger partial charge in [-0.2, -0.15) is 5.10 Å². The molecule has 7 heteroatoms. The zero-order valence-corrected chi connectivity index (χ0v) is 18.4. The van der Waals surface area contributed by atoms with Gasteiger partial charge in [-0.05, 0) is 25.1 Å². The number of aromatic nitrogens is 2. The predicted octanol–water partition coefficient (Wildman–Crippen LogP) is 4.70. The molecule has 1 saturated heterocycles. The number of para-hydroxylation sites is 1. The van der Waals surface area contributed by atoms with Crippen LogP contribution in [0.4, 0.5) is 0 Å². The van der Waals surface area contributed by atoms with E-state index < -0.39 is 0 Å². The van der Waals surface area contributed by atoms with Crippen LogP contribution in [-0.2, 0) is 9.53 Å². The predicted molar refractivity (Wildman–Crippen MR) is 125 cm³/mol. The summed E-state index contributed by atoms with van der Waals surface area (Å²) in [5, 5.41) is 4.82. The molecular weight excluding hydrogens is 414 g/mol. The van der Waals surface area contributed by atoms with Crippen molar-refractivity contribution in [1.82, 2.24) is 14.7 Å². The number of nitrogens with zero attached hydrogens (tertiary/aromatic N) is 3. The van der Waals surface area contributed by atoms with Crippen molar-refractivity contribution in [1.29, 1.82) is 0 Å². The van der Waals surface area contributed by atoms with Crippen molar-refractivity contribution >= 4 is 40.3 Å². The van der Waals surface area contributed by atoms with Crippen LogP contribution in [0.15, 0.2) is 65.7 Å². The molecule has 1 aromatic heterocycles. The van der Waals surface area contributed by atoms with Gasteiger partial charge < -0.3 is 4.74 Å². The third-order valence-electron chi connectivity index (χ3n) is 4.77. The molecule has 0 bridgehead atoms. The lowest BCUT2D eigenvalue weighted by Gasteiger charge is -2.12. The zero-order chi connectivity index (χ0) is 21.1. The fourth-order valence-electron chi connectivity index (χ4n) is 3.16. The topological polar surface area (TPSA) is 47.4 Å². The molecular formula is C23H21N3O2S2. The molecule has 0 spiro atoms. The van der Waals surface area contributed by atoms with Gasteiger partial charge in [-0.25, -0.2) is 4.68 Å². The molecule has 4 rings (SSSR count). The second kappa shape index (κ2) is 8.95. The second-order valence-electron chi connectivity index (χ2n) is 6.91. The summed E-state index contributed by atoms with van der Waals surface area (Å²) in [6.45, 7) is 2.95. The minimum Gasteiger partial charge on any atom is -0.383 e. The van der Waals surface area contributed by atoms with Crippen molar-refractivity contribution in [3.8, 4) is 16.9 Å². The lowest BCUT2D eigenvalue weighted by atomic mass is 10.1. The molecule has 2 aromatic carbocycles. The normalized spacial score (nSPS) is 15.4. The van der Waals surface area contributed by atoms with Crippen molar-refractivity contribution in [3.63, 3.8) is 0 Å². The Kier molecular flexibility index (Phi) is 6.13. The third-order valence-corrected chi connectivity index (χ3v) is 6.15. The number of ether oxygens (including phenoxy) is 1. The van der Waals surface area contributed by atoms with Crippen LogP contribution in [0, 0.1) is 6.92 Å². The highest BCUT2D eigenvalue weighted by Crippen LogP contribution is 2.34. The Hall–Kier alpha value is -2.74. The van der Waals surface area contributed by atoms with Crippen molar-refractivity contribution in [2.45, 2.75) is 6.92 Å². The van der Waals surface area contributed by atoms with Gasteiger partial charge in [0.05, 0.1) is 29.4 Å². The summed E-state index contributed by atoms with van der Waals surface area (Å²) in [5.41, 5.74) is 4.83. The fraction of sp³-hybridized carbons (Fsp3) is 0.174. The van der Waals surface area contributed by atoms with Gasteiger partial charge in [0.1, 0.15) is 4.32 Å². The van der Waals surface area contributed by atoms with Gasteiger partial charge in [0.15, 0.2) is 0 Å². The maximum atomic E-state index is 12.9. The first-order valence-corrected chi connectivity index (χ1v) is 10.8. The Balaban J connectivity index is 1.76. The van der Waals surface area contributed by atoms with Gasteiger partial charge >= 0.3 is 0 Å². The Morgan fingerprint density at radius 2 is 1.87 bits per heavy atom. The minimum atomic E-state index is -0.0932. The Morgan fingerprint density at radius 1 is 1.13 bits per heavy atom. The van der Waals surface area contributed by atoms with Crippen LogP contribution in [0.5, 0.6) is 0 Å². The summed E-state index contributed by atoms with van der Waals surface area (Å²) in [6.07, 6.45) is 3.83. The number of methoxy groups -OCH3 is 1. The number of hydrogen-bond acceptors (Lipinski definition) is 5. The number of carbonyl (C=O) groups excluding carboxylic acids is 1. The van der Waals surface area contributed by atoms with E-state index in [1.165, 1.54) is 17.3 Å². The van der Waals surface area contributed by atoms with E-state index in [0.29, 0.717) is 22.4 Å². The minimum absolute atomic E-state index is 0.0932. The molecule has 2 heterocycles. The van der Waals surface area contributed by atoms with Gasteiger partial charge in [-0.3, -0.25) is 9.69 Å². The number of rotatable bonds is 6. The second-order valence-corrected chi connectivity index (χ2v) is 8.58. The van der Waals surface area contributed by atoms with E-state index in [9.17, 15) is 4.79 Å². The monoisotopic (exact) mass is 435 g/mol. The zero-order valence-electron chi connectivity index (χ0n) is 16.7. The lowest BCUT2D eigenvalue weighted by Crippen LogP contribution is -2.31. The van der Waals surface area contributed by atoms with Crippen molar-refractivity contribution in [2.75, 3.05) is 20.3 Å². The molecule has 30 heavy (non-hydrogen) atoms. The largest absolute Gasteiger partial charge is 0.383 e. The summed E-state index contributed by atoms with van der Waals surface area (Å²) < 4.78 is 7.49. The number of thiocarbonyl (C=S) groups is 1. The summed E-state index contributed by atoms with van der Waals surface area (Å²) in [6, 6.07) is 18.1. The van der Waals surface area contributed by atoms with E-state index in [1.54, 1.807) is 12.0 Å². The first kappa shape index (κ1) is 20.5. The molecule has 0 unspecified atom stereocenters. The van der Waals surface area contributed by atoms with E-state index >= 15 is 0 Å². The summed E-state index contributed by atoms with van der Waals surface area (Å²) in [5.74, 6) is -0.0932. The van der Waals surface area contributed by atoms with Crippen LogP contribution < -0.4 is 0 Å². The smallest absolute Gasteiger partial charge is 0.266 e. The quantitative estimate of drug-likeness (QED) is 0.415. The maximum Gasteiger partial charge on any atom is 0.266 e. The molecule has 0 atom stereocenters. The van der Waals surface area contributed by atoms with E-state index in [-0.39, 0.29) is 5.91 Å². The van der Waals surface area contributed by atoms with Crippen LogP contribution in [-0.4, -0.2) is 45.2 Å². The molecule has 1 fully saturated rings. The van der Waals surface area contributed by atoms with Crippen LogP contribution in [0.1, 0.15) is 11.1 Å². The molecule has 3 aromatic rings. The maximum absolute atomic E-state index is 12.9. The first-order chi connectivity index (χ1) is 14.6. The number of hydrogen-bond donors (Lipinski definition) is 0. The van der Waals surface area contributed by atoms with Gasteiger partial charge in [0.25, 0.3) is 5.91 Å². The van der Waals surface area contributed by atoms with Gasteiger partial charge in [-0.15, -0.1) is 0 Å². The molecule has 0 aliphatic carbocycles. The average Bonchev–Trinajstić information content (AvgIpc) is 3.29. The number of carbonyl (C=O) groups is 1. The van der Waals surface area contributed by atoms with Gasteiger partial charge in [0.2, 0.25) is 0 Å². The molecule has 5 nitrogen and oxygen atoms in total. The standard InChI is InChI=1S/C23H21N3O2S2/c1-16-8-10-17(11-9-16)21-18(15-26(24-21)19-6-4-3-5-7-19)14-20-22(27)25(12-13-28-2)23(29)30-20/h3-11,14-15H,12-13H2,1-2H3/b20-14-. The molecule has 1 aliphatic rings. The third kappa shape index (κ3) is 4.23. The number of aryl methyl sites for hydroxylation is 1. The van der Waals surface area contributed by atoms with E-state index in [2.05, 4.69) is 19.1 Å². The highest BCUT2D eigenvalue weighted by molar-refractivity contribution is 8.26. The van der Waals surface area contributed by atoms with E-state index in [4.69, 9.17) is 22.1 Å². The van der Waals surface area contributed by atoms with Gasteiger partial charge in [-0.1, -0.05) is 72.0 Å². The van der Waals surface area contributed by atoms with Crippen LogP contribution in [0.2, 0.25) is 0 Å². The highest BCUT2D eigenvalue weighted by atomic mass is 32.2. The number of benzene rings is 2. The lowest BCUT2D eigenvalue weighted by molar-refractivity contribution is -0.122. The van der Waals surface area contributed by atoms with E-state index in [0.717, 1.165) is 22.5 Å². The molecule has 0 radical (unpaired) electrons. The fourth-order valence-corrected chi connectivity index (χ4v) is 4.46. The van der Waals surface area contributed by atoms with Crippen LogP contribution in [0.25, 0.3) is 23.0 Å². The Labute approximate surface area is 185 Å². The van der Waals surface area contributed by atoms with Crippen molar-refractivity contribution < 1.29 is 9.53 Å². The number of thioether (sulfide) groups is 1. The molecule has 1 amide bonds. The molecule has 0 saturated carbocycles. The van der Waals surface area contributed by atoms with Crippen LogP contribution >= 0.6 is 24.0 Å². The first-order valence-electron chi connectivity index (χ1n) is 9.53. The SMILES string of the molecule is COCCN1C(=O)/C(=C/c2cn(-c3ccccc3)nc2-c2ccc(C)cc2)SC1=S. The summed E-state index contributed by atoms with van der Waals surface area (Å²) in [7, 11) is 1.61. The van der Waals surface area contributed by atoms with Gasteiger partial charge in [0, 0.05) is 24.4 Å².